The molecule has 0 aliphatic rings. The number of nitrogens with one attached hydrogen (secondary N) is 1. The Labute approximate surface area is 223 Å². The number of benzene rings is 3. The van der Waals surface area contributed by atoms with Crippen molar-refractivity contribution in [3.8, 4) is 11.5 Å². The summed E-state index contributed by atoms with van der Waals surface area (Å²) in [7, 11) is 0. The molecule has 3 rings (SSSR count). The molecule has 0 saturated heterocycles. The van der Waals surface area contributed by atoms with E-state index in [0.29, 0.717) is 26.0 Å². The van der Waals surface area contributed by atoms with Gasteiger partial charge in [0.05, 0.1) is 20.7 Å². The highest BCUT2D eigenvalue weighted by Crippen LogP contribution is 2.36. The molecule has 3 aromatic carbocycles. The fraction of sp³-hybridized carbons (Fsp3) is 0.0455. The Morgan fingerprint density at radius 1 is 1.00 bits per heavy atom. The van der Waals surface area contributed by atoms with Crippen LogP contribution in [0, 0.1) is 3.57 Å². The quantitative estimate of drug-likeness (QED) is 0.101. The lowest BCUT2D eigenvalue weighted by Gasteiger charge is -2.09. The van der Waals surface area contributed by atoms with E-state index in [0.717, 1.165) is 13.6 Å². The van der Waals surface area contributed by atoms with E-state index in [4.69, 9.17) is 9.47 Å². The van der Waals surface area contributed by atoms with Gasteiger partial charge in [0, 0.05) is 8.04 Å². The van der Waals surface area contributed by atoms with Gasteiger partial charge in [0.2, 0.25) is 0 Å². The number of halogens is 4. The van der Waals surface area contributed by atoms with Gasteiger partial charge in [-0.05, 0) is 109 Å². The minimum absolute atomic E-state index is 0.205. The summed E-state index contributed by atoms with van der Waals surface area (Å²) in [6.45, 7) is -0.205. The Morgan fingerprint density at radius 3 is 2.31 bits per heavy atom. The number of ether oxygens (including phenoxy) is 2. The summed E-state index contributed by atoms with van der Waals surface area (Å²) in [5.74, 6) is 0.0938. The van der Waals surface area contributed by atoms with Crippen LogP contribution in [0.15, 0.2) is 79.2 Å². The SMILES string of the molecule is O=C(COc1c(Br)cc(Br)cc1Br)NN=Cc1ccc(OC(=O)c2ccccc2I)cc1. The zero-order valence-electron chi connectivity index (χ0n) is 16.2. The Bertz CT molecular complexity index is 1150. The van der Waals surface area contributed by atoms with Crippen LogP contribution in [0.2, 0.25) is 0 Å². The molecule has 10 heteroatoms. The summed E-state index contributed by atoms with van der Waals surface area (Å²) in [6.07, 6.45) is 1.48. The lowest BCUT2D eigenvalue weighted by Crippen LogP contribution is -2.24. The molecule has 0 aromatic heterocycles. The number of amides is 1. The van der Waals surface area contributed by atoms with Crippen LogP contribution < -0.4 is 14.9 Å². The van der Waals surface area contributed by atoms with Gasteiger partial charge < -0.3 is 9.47 Å². The molecule has 0 radical (unpaired) electrons. The second kappa shape index (κ2) is 11.9. The van der Waals surface area contributed by atoms with Crippen LogP contribution in [0.25, 0.3) is 0 Å². The minimum Gasteiger partial charge on any atom is -0.481 e. The van der Waals surface area contributed by atoms with Crippen LogP contribution in [0.3, 0.4) is 0 Å². The van der Waals surface area contributed by atoms with E-state index in [-0.39, 0.29) is 6.61 Å². The molecule has 0 spiro atoms. The van der Waals surface area contributed by atoms with E-state index in [1.807, 2.05) is 24.3 Å². The number of hydrogen-bond acceptors (Lipinski definition) is 5. The third-order valence-electron chi connectivity index (χ3n) is 3.90. The second-order valence-corrected chi connectivity index (χ2v) is 10.0. The van der Waals surface area contributed by atoms with Gasteiger partial charge in [-0.15, -0.1) is 0 Å². The third kappa shape index (κ3) is 7.12. The largest absolute Gasteiger partial charge is 0.481 e. The monoisotopic (exact) mass is 734 g/mol. The molecule has 0 heterocycles. The first kappa shape index (κ1) is 24.9. The van der Waals surface area contributed by atoms with Gasteiger partial charge in [-0.2, -0.15) is 5.10 Å². The number of carbonyl (C=O) groups is 2. The molecule has 164 valence electrons. The molecule has 1 N–H and O–H groups in total. The van der Waals surface area contributed by atoms with E-state index in [1.165, 1.54) is 6.21 Å². The third-order valence-corrected chi connectivity index (χ3v) is 6.47. The molecule has 0 fully saturated rings. The van der Waals surface area contributed by atoms with Crippen LogP contribution in [-0.4, -0.2) is 24.7 Å². The summed E-state index contributed by atoms with van der Waals surface area (Å²) in [4.78, 5) is 24.3. The van der Waals surface area contributed by atoms with Gasteiger partial charge in [-0.3, -0.25) is 4.79 Å². The van der Waals surface area contributed by atoms with Crippen molar-refractivity contribution in [1.82, 2.24) is 5.43 Å². The summed E-state index contributed by atoms with van der Waals surface area (Å²) in [6, 6.07) is 17.6. The number of carbonyl (C=O) groups excluding carboxylic acids is 2. The number of nitrogens with zero attached hydrogens (tertiary/aromatic N) is 1. The minimum atomic E-state index is -0.423. The molecular formula is C22H14Br3IN2O4. The molecular weight excluding hydrogens is 723 g/mol. The maximum Gasteiger partial charge on any atom is 0.344 e. The highest BCUT2D eigenvalue weighted by Gasteiger charge is 2.12. The van der Waals surface area contributed by atoms with Crippen molar-refractivity contribution in [1.29, 1.82) is 0 Å². The molecule has 0 saturated carbocycles. The molecule has 0 atom stereocenters. The van der Waals surface area contributed by atoms with E-state index in [9.17, 15) is 9.59 Å². The summed E-state index contributed by atoms with van der Waals surface area (Å²) in [5, 5.41) is 3.92. The van der Waals surface area contributed by atoms with Crippen LogP contribution in [-0.2, 0) is 4.79 Å². The predicted molar refractivity (Wildman–Crippen MR) is 141 cm³/mol. The average molecular weight is 737 g/mol. The molecule has 0 unspecified atom stereocenters. The first-order valence-electron chi connectivity index (χ1n) is 8.99. The van der Waals surface area contributed by atoms with Gasteiger partial charge in [-0.25, -0.2) is 10.2 Å². The highest BCUT2D eigenvalue weighted by molar-refractivity contribution is 14.1. The van der Waals surface area contributed by atoms with Crippen molar-refractivity contribution in [3.63, 3.8) is 0 Å². The molecule has 6 nitrogen and oxygen atoms in total. The summed E-state index contributed by atoms with van der Waals surface area (Å²) < 4.78 is 14.0. The first-order valence-corrected chi connectivity index (χ1v) is 12.5. The van der Waals surface area contributed by atoms with Crippen LogP contribution in [0.5, 0.6) is 11.5 Å². The van der Waals surface area contributed by atoms with Crippen molar-refractivity contribution in [2.45, 2.75) is 0 Å². The summed E-state index contributed by atoms with van der Waals surface area (Å²) in [5.41, 5.74) is 3.63. The van der Waals surface area contributed by atoms with Crippen LogP contribution in [0.1, 0.15) is 15.9 Å². The van der Waals surface area contributed by atoms with Crippen LogP contribution >= 0.6 is 70.4 Å². The zero-order valence-corrected chi connectivity index (χ0v) is 23.1. The molecule has 32 heavy (non-hydrogen) atoms. The molecule has 0 bridgehead atoms. The Morgan fingerprint density at radius 2 is 1.66 bits per heavy atom. The fourth-order valence-electron chi connectivity index (χ4n) is 2.43. The van der Waals surface area contributed by atoms with Crippen molar-refractivity contribution in [3.05, 3.63) is 88.8 Å². The lowest BCUT2D eigenvalue weighted by molar-refractivity contribution is -0.123. The zero-order chi connectivity index (χ0) is 23.1. The van der Waals surface area contributed by atoms with Gasteiger partial charge in [0.1, 0.15) is 11.5 Å². The Balaban J connectivity index is 1.50. The predicted octanol–water partition coefficient (Wildman–Crippen LogP) is 6.33. The molecule has 0 aliphatic heterocycles. The topological polar surface area (TPSA) is 77.0 Å². The number of rotatable bonds is 7. The maximum absolute atomic E-state index is 12.3. The fourth-order valence-corrected chi connectivity index (χ4v) is 5.52. The van der Waals surface area contributed by atoms with Crippen molar-refractivity contribution in [2.24, 2.45) is 5.10 Å². The Hall–Kier alpha value is -1.76. The maximum atomic E-state index is 12.3. The van der Waals surface area contributed by atoms with E-state index < -0.39 is 11.9 Å². The smallest absolute Gasteiger partial charge is 0.344 e. The van der Waals surface area contributed by atoms with Crippen molar-refractivity contribution >= 4 is 88.5 Å². The van der Waals surface area contributed by atoms with Gasteiger partial charge in [-0.1, -0.05) is 28.1 Å². The van der Waals surface area contributed by atoms with Gasteiger partial charge >= 0.3 is 5.97 Å². The van der Waals surface area contributed by atoms with Crippen molar-refractivity contribution < 1.29 is 19.1 Å². The van der Waals surface area contributed by atoms with Crippen molar-refractivity contribution in [2.75, 3.05) is 6.61 Å². The standard InChI is InChI=1S/C22H14Br3IN2O4/c23-14-9-17(24)21(18(25)10-14)31-12-20(29)28-27-11-13-5-7-15(8-6-13)32-22(30)16-3-1-2-4-19(16)26/h1-11H,12H2,(H,28,29). The molecule has 1 amide bonds. The highest BCUT2D eigenvalue weighted by atomic mass is 127. The molecule has 0 aliphatic carbocycles. The number of hydrazone groups is 1. The van der Waals surface area contributed by atoms with Crippen LogP contribution in [0.4, 0.5) is 0 Å². The first-order chi connectivity index (χ1) is 15.3. The van der Waals surface area contributed by atoms with E-state index in [2.05, 4.69) is 80.9 Å². The Kier molecular flexibility index (Phi) is 9.26. The molecule has 3 aromatic rings. The van der Waals surface area contributed by atoms with Gasteiger partial charge in [0.25, 0.3) is 5.91 Å². The average Bonchev–Trinajstić information content (AvgIpc) is 2.74. The van der Waals surface area contributed by atoms with E-state index in [1.54, 1.807) is 36.4 Å². The summed E-state index contributed by atoms with van der Waals surface area (Å²) >= 11 is 12.2. The second-order valence-electron chi connectivity index (χ2n) is 6.22. The lowest BCUT2D eigenvalue weighted by atomic mass is 10.2. The number of esters is 1. The van der Waals surface area contributed by atoms with Gasteiger partial charge in [0.15, 0.2) is 6.61 Å². The number of hydrogen-bond donors (Lipinski definition) is 1. The normalized spacial score (nSPS) is 10.8. The van der Waals surface area contributed by atoms with E-state index >= 15 is 0 Å².